The van der Waals surface area contributed by atoms with Crippen LogP contribution < -0.4 is 0 Å². The summed E-state index contributed by atoms with van der Waals surface area (Å²) in [6.07, 6.45) is -0.158. The molecule has 0 bridgehead atoms. The van der Waals surface area contributed by atoms with Crippen LogP contribution in [0, 0.1) is 0 Å². The highest BCUT2D eigenvalue weighted by Crippen LogP contribution is 2.21. The second-order valence-electron chi connectivity index (χ2n) is 4.66. The minimum atomic E-state index is -0.738. The SMILES string of the molecule is C[C@@H](F)CCN1CC[S@@](=O)CC1(C)C. The van der Waals surface area contributed by atoms with E-state index in [2.05, 4.69) is 18.7 Å². The van der Waals surface area contributed by atoms with E-state index >= 15 is 0 Å². The molecule has 1 fully saturated rings. The summed E-state index contributed by atoms with van der Waals surface area (Å²) in [5, 5.41) is 0. The summed E-state index contributed by atoms with van der Waals surface area (Å²) in [6.45, 7) is 7.39. The lowest BCUT2D eigenvalue weighted by Crippen LogP contribution is -2.54. The molecule has 0 spiro atoms. The van der Waals surface area contributed by atoms with E-state index in [0.717, 1.165) is 18.8 Å². The van der Waals surface area contributed by atoms with Crippen molar-refractivity contribution in [3.8, 4) is 0 Å². The maximum absolute atomic E-state index is 12.7. The van der Waals surface area contributed by atoms with Gasteiger partial charge in [-0.2, -0.15) is 0 Å². The molecule has 0 amide bonds. The molecular weight excluding hydrogens is 201 g/mol. The monoisotopic (exact) mass is 221 g/mol. The Morgan fingerprint density at radius 3 is 2.71 bits per heavy atom. The van der Waals surface area contributed by atoms with Crippen LogP contribution in [-0.2, 0) is 10.8 Å². The largest absolute Gasteiger partial charge is 0.296 e. The molecular formula is C10H20FNOS. The Bertz CT molecular complexity index is 218. The average Bonchev–Trinajstić information content (AvgIpc) is 2.00. The summed E-state index contributed by atoms with van der Waals surface area (Å²) in [6, 6.07) is 0. The highest BCUT2D eigenvalue weighted by molar-refractivity contribution is 7.85. The van der Waals surface area contributed by atoms with Crippen LogP contribution in [0.1, 0.15) is 27.2 Å². The minimum Gasteiger partial charge on any atom is -0.296 e. The van der Waals surface area contributed by atoms with E-state index in [1.807, 2.05) is 0 Å². The van der Waals surface area contributed by atoms with Crippen LogP contribution in [0.4, 0.5) is 4.39 Å². The second kappa shape index (κ2) is 4.71. The lowest BCUT2D eigenvalue weighted by Gasteiger charge is -2.42. The molecule has 0 aromatic carbocycles. The molecule has 1 rings (SSSR count). The Kier molecular flexibility index (Phi) is 4.07. The van der Waals surface area contributed by atoms with Crippen molar-refractivity contribution in [1.82, 2.24) is 4.90 Å². The number of alkyl halides is 1. The van der Waals surface area contributed by atoms with E-state index < -0.39 is 17.0 Å². The molecule has 1 aliphatic rings. The third-order valence-corrected chi connectivity index (χ3v) is 4.42. The van der Waals surface area contributed by atoms with Crippen molar-refractivity contribution >= 4 is 10.8 Å². The zero-order chi connectivity index (χ0) is 10.8. The van der Waals surface area contributed by atoms with Crippen LogP contribution in [-0.4, -0.2) is 45.4 Å². The second-order valence-corrected chi connectivity index (χ2v) is 6.23. The van der Waals surface area contributed by atoms with Crippen molar-refractivity contribution in [2.45, 2.75) is 38.9 Å². The van der Waals surface area contributed by atoms with Crippen LogP contribution in [0.2, 0.25) is 0 Å². The molecule has 0 aliphatic carbocycles. The van der Waals surface area contributed by atoms with Gasteiger partial charge in [-0.3, -0.25) is 9.11 Å². The van der Waals surface area contributed by atoms with Crippen molar-refractivity contribution in [3.63, 3.8) is 0 Å². The van der Waals surface area contributed by atoms with E-state index in [4.69, 9.17) is 0 Å². The van der Waals surface area contributed by atoms with Crippen molar-refractivity contribution in [2.75, 3.05) is 24.6 Å². The highest BCUT2D eigenvalue weighted by Gasteiger charge is 2.32. The predicted molar refractivity (Wildman–Crippen MR) is 58.7 cm³/mol. The van der Waals surface area contributed by atoms with Crippen molar-refractivity contribution in [1.29, 1.82) is 0 Å². The summed E-state index contributed by atoms with van der Waals surface area (Å²) in [5.74, 6) is 1.46. The van der Waals surface area contributed by atoms with Crippen LogP contribution >= 0.6 is 0 Å². The molecule has 0 aromatic rings. The number of nitrogens with zero attached hydrogens (tertiary/aromatic N) is 1. The predicted octanol–water partition coefficient (Wildman–Crippen LogP) is 1.58. The Hall–Kier alpha value is 0.0400. The Morgan fingerprint density at radius 1 is 1.57 bits per heavy atom. The van der Waals surface area contributed by atoms with Crippen molar-refractivity contribution < 1.29 is 8.60 Å². The van der Waals surface area contributed by atoms with Crippen LogP contribution in [0.5, 0.6) is 0 Å². The topological polar surface area (TPSA) is 20.3 Å². The van der Waals surface area contributed by atoms with Gasteiger partial charge in [0.1, 0.15) is 0 Å². The standard InChI is InChI=1S/C10H20FNOS/c1-9(11)4-5-12-6-7-14(13)8-10(12,2)3/h9H,4-8H2,1-3H3/t9-,14-/m1/s1. The van der Waals surface area contributed by atoms with Gasteiger partial charge >= 0.3 is 0 Å². The van der Waals surface area contributed by atoms with Gasteiger partial charge in [-0.25, -0.2) is 4.39 Å². The molecule has 2 nitrogen and oxygen atoms in total. The van der Waals surface area contributed by atoms with Crippen molar-refractivity contribution in [3.05, 3.63) is 0 Å². The van der Waals surface area contributed by atoms with Crippen LogP contribution in [0.3, 0.4) is 0 Å². The Balaban J connectivity index is 2.47. The van der Waals surface area contributed by atoms with Gasteiger partial charge in [0.25, 0.3) is 0 Å². The van der Waals surface area contributed by atoms with Gasteiger partial charge in [-0.1, -0.05) is 0 Å². The lowest BCUT2D eigenvalue weighted by atomic mass is 10.0. The quantitative estimate of drug-likeness (QED) is 0.721. The summed E-state index contributed by atoms with van der Waals surface area (Å²) in [5.41, 5.74) is -0.0298. The number of hydrogen-bond acceptors (Lipinski definition) is 2. The summed E-state index contributed by atoms with van der Waals surface area (Å²) in [7, 11) is -0.680. The fourth-order valence-electron chi connectivity index (χ4n) is 1.82. The third-order valence-electron chi connectivity index (χ3n) is 2.76. The molecule has 4 heteroatoms. The fourth-order valence-corrected chi connectivity index (χ4v) is 3.36. The molecule has 84 valence electrons. The van der Waals surface area contributed by atoms with E-state index in [1.54, 1.807) is 6.92 Å². The summed E-state index contributed by atoms with van der Waals surface area (Å²) >= 11 is 0. The number of rotatable bonds is 3. The average molecular weight is 221 g/mol. The third kappa shape index (κ3) is 3.31. The highest BCUT2D eigenvalue weighted by atomic mass is 32.2. The Morgan fingerprint density at radius 2 is 2.21 bits per heavy atom. The molecule has 0 radical (unpaired) electrons. The van der Waals surface area contributed by atoms with Crippen molar-refractivity contribution in [2.24, 2.45) is 0 Å². The van der Waals surface area contributed by atoms with E-state index in [9.17, 15) is 8.60 Å². The Labute approximate surface area is 88.3 Å². The van der Waals surface area contributed by atoms with Gasteiger partial charge in [-0.05, 0) is 27.2 Å². The van der Waals surface area contributed by atoms with Gasteiger partial charge in [0, 0.05) is 40.9 Å². The first-order chi connectivity index (χ1) is 6.42. The number of halogens is 1. The first-order valence-electron chi connectivity index (χ1n) is 5.16. The number of hydrogen-bond donors (Lipinski definition) is 0. The molecule has 0 saturated carbocycles. The van der Waals surface area contributed by atoms with E-state index in [0.29, 0.717) is 12.2 Å². The van der Waals surface area contributed by atoms with Crippen LogP contribution in [0.25, 0.3) is 0 Å². The van der Waals surface area contributed by atoms with Gasteiger partial charge in [-0.15, -0.1) is 0 Å². The molecule has 0 unspecified atom stereocenters. The zero-order valence-corrected chi connectivity index (χ0v) is 10.1. The first kappa shape index (κ1) is 12.1. The first-order valence-corrected chi connectivity index (χ1v) is 6.65. The smallest absolute Gasteiger partial charge is 0.0985 e. The van der Waals surface area contributed by atoms with Gasteiger partial charge in [0.15, 0.2) is 0 Å². The molecule has 1 aliphatic heterocycles. The zero-order valence-electron chi connectivity index (χ0n) is 9.25. The fraction of sp³-hybridized carbons (Fsp3) is 1.00. The maximum Gasteiger partial charge on any atom is 0.0985 e. The molecule has 1 heterocycles. The molecule has 0 N–H and O–H groups in total. The molecule has 2 atom stereocenters. The van der Waals surface area contributed by atoms with Gasteiger partial charge in [0.2, 0.25) is 0 Å². The van der Waals surface area contributed by atoms with E-state index in [-0.39, 0.29) is 5.54 Å². The molecule has 0 aromatic heterocycles. The lowest BCUT2D eigenvalue weighted by molar-refractivity contribution is 0.128. The van der Waals surface area contributed by atoms with Gasteiger partial charge < -0.3 is 0 Å². The van der Waals surface area contributed by atoms with E-state index in [1.165, 1.54) is 0 Å². The van der Waals surface area contributed by atoms with Gasteiger partial charge in [0.05, 0.1) is 6.17 Å². The van der Waals surface area contributed by atoms with Crippen LogP contribution in [0.15, 0.2) is 0 Å². The normalized spacial score (nSPS) is 30.1. The summed E-state index contributed by atoms with van der Waals surface area (Å²) < 4.78 is 24.1. The maximum atomic E-state index is 12.7. The molecule has 14 heavy (non-hydrogen) atoms. The minimum absolute atomic E-state index is 0.0298. The summed E-state index contributed by atoms with van der Waals surface area (Å²) in [4.78, 5) is 2.25. The molecule has 1 saturated heterocycles.